The summed E-state index contributed by atoms with van der Waals surface area (Å²) in [5.74, 6) is 0.178. The van der Waals surface area contributed by atoms with Crippen LogP contribution >= 0.6 is 0 Å². The monoisotopic (exact) mass is 191 g/mol. The van der Waals surface area contributed by atoms with Gasteiger partial charge in [-0.1, -0.05) is 0 Å². The van der Waals surface area contributed by atoms with Crippen molar-refractivity contribution in [3.05, 3.63) is 12.4 Å². The molecule has 0 fully saturated rings. The standard InChI is InChI=1S/C7H15N2O2S/c1-7-8(2)4-5-9(7,3)6-12(10)11/h4-5,7,12H,6H2,1-3H3/q+1. The Morgan fingerprint density at radius 3 is 2.50 bits per heavy atom. The van der Waals surface area contributed by atoms with Crippen LogP contribution in [0.4, 0.5) is 0 Å². The second-order valence-corrected chi connectivity index (χ2v) is 4.36. The number of quaternary nitrogens is 1. The molecule has 0 aromatic carbocycles. The quantitative estimate of drug-likeness (QED) is 0.484. The van der Waals surface area contributed by atoms with Crippen LogP contribution in [0.5, 0.6) is 0 Å². The van der Waals surface area contributed by atoms with Crippen molar-refractivity contribution in [1.82, 2.24) is 4.90 Å². The molecule has 0 radical (unpaired) electrons. The number of thiol groups is 1. The Labute approximate surface area is 74.6 Å². The normalized spacial score (nSPS) is 35.0. The van der Waals surface area contributed by atoms with Gasteiger partial charge < -0.3 is 4.90 Å². The summed E-state index contributed by atoms with van der Waals surface area (Å²) < 4.78 is 21.6. The molecule has 1 aliphatic heterocycles. The van der Waals surface area contributed by atoms with Gasteiger partial charge in [0, 0.05) is 14.0 Å². The predicted octanol–water partition coefficient (Wildman–Crippen LogP) is -0.235. The van der Waals surface area contributed by atoms with E-state index in [-0.39, 0.29) is 12.0 Å². The van der Waals surface area contributed by atoms with Crippen molar-refractivity contribution in [2.75, 3.05) is 20.0 Å². The van der Waals surface area contributed by atoms with Crippen LogP contribution in [-0.2, 0) is 10.7 Å². The molecule has 1 rings (SSSR count). The van der Waals surface area contributed by atoms with E-state index in [4.69, 9.17) is 0 Å². The van der Waals surface area contributed by atoms with Gasteiger partial charge in [-0.25, -0.2) is 8.42 Å². The highest BCUT2D eigenvalue weighted by Crippen LogP contribution is 2.20. The van der Waals surface area contributed by atoms with Crippen LogP contribution in [0.3, 0.4) is 0 Å². The molecule has 0 N–H and O–H groups in total. The molecular formula is C7H15N2O2S+. The van der Waals surface area contributed by atoms with Gasteiger partial charge in [-0.2, -0.15) is 0 Å². The molecule has 0 amide bonds. The van der Waals surface area contributed by atoms with Crippen LogP contribution in [0.15, 0.2) is 12.4 Å². The largest absolute Gasteiger partial charge is 0.327 e. The van der Waals surface area contributed by atoms with E-state index in [0.717, 1.165) is 0 Å². The zero-order valence-electron chi connectivity index (χ0n) is 7.60. The summed E-state index contributed by atoms with van der Waals surface area (Å²) in [5, 5.41) is 0. The first kappa shape index (κ1) is 9.54. The summed E-state index contributed by atoms with van der Waals surface area (Å²) in [6, 6.07) is 0. The average Bonchev–Trinajstić information content (AvgIpc) is 2.16. The van der Waals surface area contributed by atoms with E-state index >= 15 is 0 Å². The molecule has 2 atom stereocenters. The number of hydrogen-bond donors (Lipinski definition) is 1. The van der Waals surface area contributed by atoms with E-state index in [0.29, 0.717) is 4.48 Å². The Morgan fingerprint density at radius 1 is 1.58 bits per heavy atom. The molecule has 0 saturated heterocycles. The summed E-state index contributed by atoms with van der Waals surface area (Å²) in [4.78, 5) is 2.01. The zero-order valence-corrected chi connectivity index (χ0v) is 8.49. The lowest BCUT2D eigenvalue weighted by Gasteiger charge is -2.32. The summed E-state index contributed by atoms with van der Waals surface area (Å²) in [6.45, 7) is 2.01. The fraction of sp³-hybridized carbons (Fsp3) is 0.714. The van der Waals surface area contributed by atoms with E-state index in [1.807, 2.05) is 38.3 Å². The van der Waals surface area contributed by atoms with Gasteiger partial charge in [0.2, 0.25) is 0 Å². The molecule has 1 heterocycles. The van der Waals surface area contributed by atoms with Gasteiger partial charge in [-0.3, -0.25) is 4.48 Å². The number of hydrogen-bond acceptors (Lipinski definition) is 3. The highest BCUT2D eigenvalue weighted by atomic mass is 32.2. The first-order chi connectivity index (χ1) is 5.46. The maximum atomic E-state index is 10.6. The smallest absolute Gasteiger partial charge is 0.191 e. The van der Waals surface area contributed by atoms with Crippen LogP contribution < -0.4 is 0 Å². The van der Waals surface area contributed by atoms with Crippen molar-refractivity contribution in [2.24, 2.45) is 0 Å². The highest BCUT2D eigenvalue weighted by Gasteiger charge is 2.34. The van der Waals surface area contributed by atoms with Gasteiger partial charge in [0.15, 0.2) is 22.7 Å². The second kappa shape index (κ2) is 3.06. The maximum Gasteiger partial charge on any atom is 0.191 e. The molecule has 0 aliphatic carbocycles. The average molecular weight is 191 g/mol. The molecule has 0 aromatic rings. The fourth-order valence-electron chi connectivity index (χ4n) is 1.34. The molecule has 0 saturated carbocycles. The molecule has 2 unspecified atom stereocenters. The molecule has 1 aliphatic rings. The Bertz CT molecular complexity index is 267. The topological polar surface area (TPSA) is 37.4 Å². The maximum absolute atomic E-state index is 10.6. The van der Waals surface area contributed by atoms with Crippen LogP contribution in [0.2, 0.25) is 0 Å². The lowest BCUT2D eigenvalue weighted by atomic mass is 10.4. The predicted molar refractivity (Wildman–Crippen MR) is 47.7 cm³/mol. The second-order valence-electron chi connectivity index (χ2n) is 3.42. The van der Waals surface area contributed by atoms with E-state index in [9.17, 15) is 8.42 Å². The first-order valence-corrected chi connectivity index (χ1v) is 5.20. The Hall–Kier alpha value is -0.550. The summed E-state index contributed by atoms with van der Waals surface area (Å²) >= 11 is 0. The van der Waals surface area contributed by atoms with E-state index in [1.54, 1.807) is 0 Å². The third-order valence-electron chi connectivity index (χ3n) is 2.51. The number of rotatable bonds is 2. The van der Waals surface area contributed by atoms with Crippen molar-refractivity contribution in [3.8, 4) is 0 Å². The molecule has 0 bridgehead atoms. The molecule has 0 aromatic heterocycles. The summed E-state index contributed by atoms with van der Waals surface area (Å²) in [6.07, 6.45) is 4.04. The van der Waals surface area contributed by atoms with Crippen LogP contribution in [0.25, 0.3) is 0 Å². The van der Waals surface area contributed by atoms with E-state index in [2.05, 4.69) is 0 Å². The minimum atomic E-state index is -2.31. The molecule has 70 valence electrons. The van der Waals surface area contributed by atoms with Crippen LogP contribution in [0.1, 0.15) is 6.92 Å². The van der Waals surface area contributed by atoms with Crippen molar-refractivity contribution < 1.29 is 12.9 Å². The lowest BCUT2D eigenvalue weighted by molar-refractivity contribution is -0.873. The third kappa shape index (κ3) is 1.61. The van der Waals surface area contributed by atoms with Gasteiger partial charge in [-0.05, 0) is 0 Å². The van der Waals surface area contributed by atoms with Gasteiger partial charge in [0.25, 0.3) is 0 Å². The van der Waals surface area contributed by atoms with E-state index < -0.39 is 10.7 Å². The van der Waals surface area contributed by atoms with Crippen molar-refractivity contribution in [3.63, 3.8) is 0 Å². The lowest BCUT2D eigenvalue weighted by Crippen LogP contribution is -2.49. The Balaban J connectivity index is 2.79. The van der Waals surface area contributed by atoms with E-state index in [1.165, 1.54) is 0 Å². The van der Waals surface area contributed by atoms with Crippen molar-refractivity contribution in [1.29, 1.82) is 0 Å². The summed E-state index contributed by atoms with van der Waals surface area (Å²) in [5.41, 5.74) is 0. The van der Waals surface area contributed by atoms with Crippen LogP contribution in [0, 0.1) is 0 Å². The molecule has 12 heavy (non-hydrogen) atoms. The first-order valence-electron chi connectivity index (χ1n) is 3.84. The van der Waals surface area contributed by atoms with Crippen molar-refractivity contribution in [2.45, 2.75) is 13.1 Å². The van der Waals surface area contributed by atoms with Gasteiger partial charge in [0.05, 0.1) is 13.2 Å². The molecule has 5 heteroatoms. The minimum Gasteiger partial charge on any atom is -0.327 e. The molecular weight excluding hydrogens is 176 g/mol. The SMILES string of the molecule is CC1N(C)C=C[N+]1(C)C[SH](=O)=O. The fourth-order valence-corrected chi connectivity index (χ4v) is 2.16. The van der Waals surface area contributed by atoms with Crippen molar-refractivity contribution >= 4 is 10.7 Å². The minimum absolute atomic E-state index is 0.178. The third-order valence-corrected chi connectivity index (χ3v) is 3.35. The Kier molecular flexibility index (Phi) is 2.44. The molecule has 0 spiro atoms. The Morgan fingerprint density at radius 2 is 2.17 bits per heavy atom. The van der Waals surface area contributed by atoms with Gasteiger partial charge in [-0.15, -0.1) is 0 Å². The van der Waals surface area contributed by atoms with Crippen LogP contribution in [-0.4, -0.2) is 43.9 Å². The van der Waals surface area contributed by atoms with Gasteiger partial charge in [0.1, 0.15) is 6.20 Å². The summed E-state index contributed by atoms with van der Waals surface area (Å²) in [7, 11) is 1.55. The highest BCUT2D eigenvalue weighted by molar-refractivity contribution is 7.72. The van der Waals surface area contributed by atoms with Gasteiger partial charge >= 0.3 is 0 Å². The number of nitrogens with zero attached hydrogens (tertiary/aromatic N) is 2. The molecule has 4 nitrogen and oxygen atoms in total. The zero-order chi connectivity index (χ0) is 9.35.